The normalized spacial score (nSPS) is 10.5. The number of hydrazine groups is 1. The van der Waals surface area contributed by atoms with Gasteiger partial charge in [0.1, 0.15) is 23.3 Å². The monoisotopic (exact) mass is 353 g/mol. The van der Waals surface area contributed by atoms with Crippen LogP contribution in [0.5, 0.6) is 0 Å². The Morgan fingerprint density at radius 3 is 2.62 bits per heavy atom. The minimum atomic E-state index is -0.295. The highest BCUT2D eigenvalue weighted by molar-refractivity contribution is 9.10. The van der Waals surface area contributed by atoms with E-state index in [1.54, 1.807) is 12.1 Å². The number of hydrogen-bond acceptors (Lipinski definition) is 5. The SMILES string of the molecule is CCCc1nc(NN)cc(Nc2cc(Br)c(F)cc2C)n1. The van der Waals surface area contributed by atoms with Crippen molar-refractivity contribution < 1.29 is 4.39 Å². The summed E-state index contributed by atoms with van der Waals surface area (Å²) in [4.78, 5) is 8.71. The minimum absolute atomic E-state index is 0.295. The number of nitrogen functional groups attached to an aromatic ring is 1. The molecule has 112 valence electrons. The van der Waals surface area contributed by atoms with E-state index in [0.717, 1.165) is 24.1 Å². The molecule has 0 atom stereocenters. The third kappa shape index (κ3) is 3.89. The lowest BCUT2D eigenvalue weighted by atomic mass is 10.2. The highest BCUT2D eigenvalue weighted by Gasteiger charge is 2.08. The largest absolute Gasteiger partial charge is 0.340 e. The van der Waals surface area contributed by atoms with Gasteiger partial charge in [0, 0.05) is 18.2 Å². The number of nitrogens with zero attached hydrogens (tertiary/aromatic N) is 2. The summed E-state index contributed by atoms with van der Waals surface area (Å²) in [5.41, 5.74) is 4.08. The second-order valence-electron chi connectivity index (χ2n) is 4.66. The van der Waals surface area contributed by atoms with Crippen LogP contribution >= 0.6 is 15.9 Å². The zero-order chi connectivity index (χ0) is 15.4. The Morgan fingerprint density at radius 2 is 1.95 bits per heavy atom. The number of halogens is 2. The average Bonchev–Trinajstić information content (AvgIpc) is 2.45. The van der Waals surface area contributed by atoms with Crippen LogP contribution in [-0.2, 0) is 6.42 Å². The van der Waals surface area contributed by atoms with Crippen LogP contribution in [0.4, 0.5) is 21.7 Å². The Bertz CT molecular complexity index is 648. The van der Waals surface area contributed by atoms with E-state index in [2.05, 4.69) is 43.6 Å². The quantitative estimate of drug-likeness (QED) is 0.564. The maximum absolute atomic E-state index is 13.5. The van der Waals surface area contributed by atoms with Gasteiger partial charge in [-0.15, -0.1) is 0 Å². The van der Waals surface area contributed by atoms with Crippen molar-refractivity contribution in [3.05, 3.63) is 39.9 Å². The number of anilines is 3. The fourth-order valence-electron chi connectivity index (χ4n) is 1.89. The van der Waals surface area contributed by atoms with Crippen LogP contribution in [0.1, 0.15) is 24.7 Å². The van der Waals surface area contributed by atoms with Crippen LogP contribution in [-0.4, -0.2) is 9.97 Å². The molecule has 5 nitrogen and oxygen atoms in total. The van der Waals surface area contributed by atoms with Gasteiger partial charge in [-0.05, 0) is 47.0 Å². The Hall–Kier alpha value is -1.73. The van der Waals surface area contributed by atoms with Crippen LogP contribution < -0.4 is 16.6 Å². The lowest BCUT2D eigenvalue weighted by Gasteiger charge is -2.12. The molecule has 7 heteroatoms. The molecule has 4 N–H and O–H groups in total. The summed E-state index contributed by atoms with van der Waals surface area (Å²) in [5, 5.41) is 3.17. The molecule has 0 saturated carbocycles. The number of nitrogens with one attached hydrogen (secondary N) is 2. The van der Waals surface area contributed by atoms with Gasteiger partial charge < -0.3 is 10.7 Å². The summed E-state index contributed by atoms with van der Waals surface area (Å²) < 4.78 is 13.9. The molecule has 1 heterocycles. The Labute approximate surface area is 131 Å². The van der Waals surface area contributed by atoms with Crippen LogP contribution in [0, 0.1) is 12.7 Å². The molecule has 0 spiro atoms. The molecule has 0 fully saturated rings. The van der Waals surface area contributed by atoms with Gasteiger partial charge >= 0.3 is 0 Å². The first kappa shape index (κ1) is 15.7. The second kappa shape index (κ2) is 6.82. The Balaban J connectivity index is 2.34. The number of aryl methyl sites for hydroxylation is 2. The van der Waals surface area contributed by atoms with Crippen molar-refractivity contribution in [3.8, 4) is 0 Å². The van der Waals surface area contributed by atoms with E-state index in [4.69, 9.17) is 5.84 Å². The summed E-state index contributed by atoms with van der Waals surface area (Å²) >= 11 is 3.18. The van der Waals surface area contributed by atoms with Crippen molar-refractivity contribution in [2.75, 3.05) is 10.7 Å². The van der Waals surface area contributed by atoms with Crippen molar-refractivity contribution in [2.24, 2.45) is 5.84 Å². The molecule has 0 amide bonds. The van der Waals surface area contributed by atoms with Crippen molar-refractivity contribution >= 4 is 33.3 Å². The minimum Gasteiger partial charge on any atom is -0.340 e. The molecule has 0 radical (unpaired) electrons. The van der Waals surface area contributed by atoms with Crippen LogP contribution in [0.3, 0.4) is 0 Å². The standard InChI is InChI=1S/C14H17BrFN5/c1-3-4-12-19-13(7-14(20-12)21-17)18-11-6-9(15)10(16)5-8(11)2/h5-7H,3-4,17H2,1-2H3,(H2,18,19,20,21). The first-order valence-electron chi connectivity index (χ1n) is 6.60. The van der Waals surface area contributed by atoms with Crippen LogP contribution in [0.25, 0.3) is 0 Å². The molecular formula is C14H17BrFN5. The summed E-state index contributed by atoms with van der Waals surface area (Å²) in [7, 11) is 0. The number of nitrogens with two attached hydrogens (primary N) is 1. The number of aromatic nitrogens is 2. The van der Waals surface area contributed by atoms with Gasteiger partial charge in [0.05, 0.1) is 4.47 Å². The van der Waals surface area contributed by atoms with E-state index in [1.165, 1.54) is 6.07 Å². The smallest absolute Gasteiger partial charge is 0.145 e. The third-order valence-electron chi connectivity index (χ3n) is 2.92. The van der Waals surface area contributed by atoms with Gasteiger partial charge in [-0.2, -0.15) is 0 Å². The molecule has 0 aliphatic carbocycles. The highest BCUT2D eigenvalue weighted by atomic mass is 79.9. The molecule has 1 aromatic heterocycles. The highest BCUT2D eigenvalue weighted by Crippen LogP contribution is 2.27. The number of rotatable bonds is 5. The number of hydrogen-bond donors (Lipinski definition) is 3. The summed E-state index contributed by atoms with van der Waals surface area (Å²) in [6, 6.07) is 4.85. The van der Waals surface area contributed by atoms with Gasteiger partial charge in [0.15, 0.2) is 0 Å². The van der Waals surface area contributed by atoms with E-state index in [0.29, 0.717) is 21.9 Å². The third-order valence-corrected chi connectivity index (χ3v) is 3.53. The van der Waals surface area contributed by atoms with Crippen molar-refractivity contribution in [1.29, 1.82) is 0 Å². The van der Waals surface area contributed by atoms with Crippen LogP contribution in [0.15, 0.2) is 22.7 Å². The molecule has 2 aromatic rings. The molecule has 0 aliphatic heterocycles. The molecule has 0 saturated heterocycles. The zero-order valence-electron chi connectivity index (χ0n) is 11.9. The fraction of sp³-hybridized carbons (Fsp3) is 0.286. The van der Waals surface area contributed by atoms with E-state index < -0.39 is 0 Å². The maximum Gasteiger partial charge on any atom is 0.145 e. The first-order chi connectivity index (χ1) is 10.0. The van der Waals surface area contributed by atoms with Gasteiger partial charge in [-0.3, -0.25) is 0 Å². The maximum atomic E-state index is 13.5. The summed E-state index contributed by atoms with van der Waals surface area (Å²) in [6.45, 7) is 3.88. The van der Waals surface area contributed by atoms with Gasteiger partial charge in [-0.1, -0.05) is 6.92 Å². The van der Waals surface area contributed by atoms with E-state index >= 15 is 0 Å². The van der Waals surface area contributed by atoms with E-state index in [1.807, 2.05) is 6.92 Å². The van der Waals surface area contributed by atoms with Crippen LogP contribution in [0.2, 0.25) is 0 Å². The molecule has 2 rings (SSSR count). The van der Waals surface area contributed by atoms with Gasteiger partial charge in [0.25, 0.3) is 0 Å². The molecular weight excluding hydrogens is 337 g/mol. The molecule has 0 bridgehead atoms. The van der Waals surface area contributed by atoms with E-state index in [-0.39, 0.29) is 5.82 Å². The lowest BCUT2D eigenvalue weighted by molar-refractivity contribution is 0.620. The van der Waals surface area contributed by atoms with Crippen molar-refractivity contribution in [1.82, 2.24) is 9.97 Å². The molecule has 21 heavy (non-hydrogen) atoms. The number of benzene rings is 1. The Morgan fingerprint density at radius 1 is 1.24 bits per heavy atom. The molecule has 1 aromatic carbocycles. The van der Waals surface area contributed by atoms with Gasteiger partial charge in [-0.25, -0.2) is 20.2 Å². The average molecular weight is 354 g/mol. The first-order valence-corrected chi connectivity index (χ1v) is 7.40. The van der Waals surface area contributed by atoms with E-state index in [9.17, 15) is 4.39 Å². The Kier molecular flexibility index (Phi) is 5.08. The van der Waals surface area contributed by atoms with Gasteiger partial charge in [0.2, 0.25) is 0 Å². The summed E-state index contributed by atoms with van der Waals surface area (Å²) in [6.07, 6.45) is 1.70. The molecule has 0 unspecified atom stereocenters. The predicted octanol–water partition coefficient (Wildman–Crippen LogP) is 3.67. The van der Waals surface area contributed by atoms with Crippen molar-refractivity contribution in [3.63, 3.8) is 0 Å². The fourth-order valence-corrected chi connectivity index (χ4v) is 2.23. The van der Waals surface area contributed by atoms with Crippen molar-refractivity contribution in [2.45, 2.75) is 26.7 Å². The molecule has 0 aliphatic rings. The lowest BCUT2D eigenvalue weighted by Crippen LogP contribution is -2.11. The summed E-state index contributed by atoms with van der Waals surface area (Å²) in [5.74, 6) is 6.98. The zero-order valence-corrected chi connectivity index (χ0v) is 13.5. The predicted molar refractivity (Wildman–Crippen MR) is 86.0 cm³/mol. The topological polar surface area (TPSA) is 75.9 Å². The second-order valence-corrected chi connectivity index (χ2v) is 5.51.